The van der Waals surface area contributed by atoms with E-state index in [2.05, 4.69) is 6.07 Å². The molecule has 0 atom stereocenters. The third kappa shape index (κ3) is 6.16. The molecule has 0 aliphatic carbocycles. The monoisotopic (exact) mass is 307 g/mol. The molecule has 1 aromatic carbocycles. The summed E-state index contributed by atoms with van der Waals surface area (Å²) in [5.41, 5.74) is 2.28. The summed E-state index contributed by atoms with van der Waals surface area (Å²) in [7, 11) is 1.64. The van der Waals surface area contributed by atoms with Crippen LogP contribution in [0, 0.1) is 6.92 Å². The Hall–Kier alpha value is -2.04. The quantitative estimate of drug-likeness (QED) is 0.761. The first-order chi connectivity index (χ1) is 10.4. The van der Waals surface area contributed by atoms with Gasteiger partial charge >= 0.3 is 5.97 Å². The molecule has 1 aromatic rings. The molecule has 5 heteroatoms. The summed E-state index contributed by atoms with van der Waals surface area (Å²) in [4.78, 5) is 23.9. The van der Waals surface area contributed by atoms with E-state index in [4.69, 9.17) is 9.84 Å². The number of benzene rings is 1. The van der Waals surface area contributed by atoms with Gasteiger partial charge in [-0.15, -0.1) is 0 Å². The molecule has 0 fully saturated rings. The van der Waals surface area contributed by atoms with Crippen LogP contribution in [0.25, 0.3) is 0 Å². The Morgan fingerprint density at radius 1 is 1.27 bits per heavy atom. The molecule has 0 heterocycles. The van der Waals surface area contributed by atoms with Gasteiger partial charge in [0.05, 0.1) is 13.0 Å². The van der Waals surface area contributed by atoms with E-state index in [0.29, 0.717) is 13.0 Å². The predicted octanol–water partition coefficient (Wildman–Crippen LogP) is 2.65. The molecule has 0 bridgehead atoms. The highest BCUT2D eigenvalue weighted by Gasteiger charge is 2.11. The average Bonchev–Trinajstić information content (AvgIpc) is 2.47. The number of carbonyl (C=O) groups excluding carboxylic acids is 1. The largest absolute Gasteiger partial charge is 0.494 e. The van der Waals surface area contributed by atoms with Gasteiger partial charge in [-0.3, -0.25) is 9.59 Å². The van der Waals surface area contributed by atoms with Crippen LogP contribution in [0.1, 0.15) is 37.3 Å². The molecule has 22 heavy (non-hydrogen) atoms. The van der Waals surface area contributed by atoms with Gasteiger partial charge in [0.2, 0.25) is 5.91 Å². The van der Waals surface area contributed by atoms with Crippen LogP contribution in [0.2, 0.25) is 0 Å². The summed E-state index contributed by atoms with van der Waals surface area (Å²) in [5, 5.41) is 8.62. The second-order valence-corrected chi connectivity index (χ2v) is 5.36. The highest BCUT2D eigenvalue weighted by molar-refractivity contribution is 5.76. The zero-order valence-corrected chi connectivity index (χ0v) is 13.6. The Labute approximate surface area is 131 Å². The Morgan fingerprint density at radius 3 is 2.64 bits per heavy atom. The van der Waals surface area contributed by atoms with Gasteiger partial charge in [0.25, 0.3) is 0 Å². The summed E-state index contributed by atoms with van der Waals surface area (Å²) >= 11 is 0. The van der Waals surface area contributed by atoms with Crippen molar-refractivity contribution in [2.75, 3.05) is 20.2 Å². The maximum Gasteiger partial charge on any atom is 0.305 e. The number of carboxylic acid groups (broad SMARTS) is 1. The second kappa shape index (κ2) is 9.07. The minimum atomic E-state index is -0.888. The number of ether oxygens (including phenoxy) is 1. The fourth-order valence-corrected chi connectivity index (χ4v) is 2.21. The Balaban J connectivity index is 2.48. The maximum atomic E-state index is 11.9. The summed E-state index contributed by atoms with van der Waals surface area (Å²) in [6, 6.07) is 6.07. The highest BCUT2D eigenvalue weighted by atomic mass is 16.5. The van der Waals surface area contributed by atoms with E-state index in [0.717, 1.165) is 24.2 Å². The van der Waals surface area contributed by atoms with Gasteiger partial charge in [0.1, 0.15) is 5.75 Å². The van der Waals surface area contributed by atoms with Crippen LogP contribution in [-0.4, -0.2) is 42.1 Å². The lowest BCUT2D eigenvalue weighted by atomic mass is 10.0. The minimum absolute atomic E-state index is 0.0192. The molecule has 0 saturated heterocycles. The topological polar surface area (TPSA) is 66.8 Å². The van der Waals surface area contributed by atoms with Gasteiger partial charge in [-0.2, -0.15) is 0 Å². The number of carboxylic acids is 1. The molecule has 122 valence electrons. The van der Waals surface area contributed by atoms with Crippen LogP contribution in [-0.2, 0) is 16.0 Å². The number of rotatable bonds is 9. The molecule has 0 saturated carbocycles. The van der Waals surface area contributed by atoms with Crippen LogP contribution >= 0.6 is 0 Å². The molecule has 0 unspecified atom stereocenters. The lowest BCUT2D eigenvalue weighted by molar-refractivity contribution is -0.138. The summed E-state index contributed by atoms with van der Waals surface area (Å²) in [5.74, 6) is -0.0348. The van der Waals surface area contributed by atoms with Crippen LogP contribution in [0.3, 0.4) is 0 Å². The molecule has 1 rings (SSSR count). The predicted molar refractivity (Wildman–Crippen MR) is 85.2 cm³/mol. The maximum absolute atomic E-state index is 11.9. The van der Waals surface area contributed by atoms with E-state index in [1.54, 1.807) is 7.05 Å². The van der Waals surface area contributed by atoms with Crippen LogP contribution < -0.4 is 4.74 Å². The fourth-order valence-electron chi connectivity index (χ4n) is 2.21. The zero-order valence-electron chi connectivity index (χ0n) is 13.6. The third-order valence-electron chi connectivity index (χ3n) is 3.44. The van der Waals surface area contributed by atoms with E-state index >= 15 is 0 Å². The normalized spacial score (nSPS) is 10.3. The molecular weight excluding hydrogens is 282 g/mol. The van der Waals surface area contributed by atoms with E-state index in [9.17, 15) is 9.59 Å². The summed E-state index contributed by atoms with van der Waals surface area (Å²) in [6.07, 6.45) is 1.89. The van der Waals surface area contributed by atoms with Crippen molar-refractivity contribution in [3.63, 3.8) is 0 Å². The van der Waals surface area contributed by atoms with Crippen molar-refractivity contribution in [3.8, 4) is 5.75 Å². The number of aliphatic carboxylic acids is 1. The van der Waals surface area contributed by atoms with Crippen molar-refractivity contribution in [1.29, 1.82) is 0 Å². The number of nitrogens with zero attached hydrogens (tertiary/aromatic N) is 1. The molecule has 0 aliphatic rings. The van der Waals surface area contributed by atoms with E-state index in [-0.39, 0.29) is 18.9 Å². The summed E-state index contributed by atoms with van der Waals surface area (Å²) in [6.45, 7) is 4.85. The van der Waals surface area contributed by atoms with Gasteiger partial charge in [-0.05, 0) is 38.3 Å². The van der Waals surface area contributed by atoms with E-state index in [1.807, 2.05) is 26.0 Å². The molecule has 0 radical (unpaired) electrons. The van der Waals surface area contributed by atoms with Crippen molar-refractivity contribution in [1.82, 2.24) is 4.90 Å². The standard InChI is InChI=1S/C17H25NO4/c1-4-22-15-9-8-13(2)12-14(15)6-5-7-16(19)18(3)11-10-17(20)21/h8-9,12H,4-7,10-11H2,1-3H3,(H,20,21). The minimum Gasteiger partial charge on any atom is -0.494 e. The molecule has 1 amide bonds. The molecule has 0 aliphatic heterocycles. The number of carbonyl (C=O) groups is 2. The van der Waals surface area contributed by atoms with Crippen molar-refractivity contribution >= 4 is 11.9 Å². The van der Waals surface area contributed by atoms with Gasteiger partial charge in [-0.1, -0.05) is 17.7 Å². The second-order valence-electron chi connectivity index (χ2n) is 5.36. The first kappa shape index (κ1) is 18.0. The number of aryl methyl sites for hydroxylation is 2. The Bertz CT molecular complexity index is 513. The van der Waals surface area contributed by atoms with Crippen molar-refractivity contribution in [2.24, 2.45) is 0 Å². The number of hydrogen-bond acceptors (Lipinski definition) is 3. The lowest BCUT2D eigenvalue weighted by Crippen LogP contribution is -2.28. The highest BCUT2D eigenvalue weighted by Crippen LogP contribution is 2.22. The van der Waals surface area contributed by atoms with Crippen LogP contribution in [0.4, 0.5) is 0 Å². The van der Waals surface area contributed by atoms with E-state index < -0.39 is 5.97 Å². The van der Waals surface area contributed by atoms with Gasteiger partial charge in [0.15, 0.2) is 0 Å². The number of amides is 1. The molecule has 0 spiro atoms. The van der Waals surface area contributed by atoms with Crippen LogP contribution in [0.15, 0.2) is 18.2 Å². The first-order valence-corrected chi connectivity index (χ1v) is 7.62. The average molecular weight is 307 g/mol. The molecular formula is C17H25NO4. The summed E-state index contributed by atoms with van der Waals surface area (Å²) < 4.78 is 5.60. The fraction of sp³-hybridized carbons (Fsp3) is 0.529. The van der Waals surface area contributed by atoms with Crippen molar-refractivity contribution < 1.29 is 19.4 Å². The SMILES string of the molecule is CCOc1ccc(C)cc1CCCC(=O)N(C)CCC(=O)O. The first-order valence-electron chi connectivity index (χ1n) is 7.62. The van der Waals surface area contributed by atoms with Crippen molar-refractivity contribution in [2.45, 2.75) is 39.5 Å². The smallest absolute Gasteiger partial charge is 0.305 e. The van der Waals surface area contributed by atoms with Gasteiger partial charge in [-0.25, -0.2) is 0 Å². The third-order valence-corrected chi connectivity index (χ3v) is 3.44. The van der Waals surface area contributed by atoms with Gasteiger partial charge in [0, 0.05) is 20.0 Å². The number of hydrogen-bond donors (Lipinski definition) is 1. The molecule has 5 nitrogen and oxygen atoms in total. The van der Waals surface area contributed by atoms with Crippen molar-refractivity contribution in [3.05, 3.63) is 29.3 Å². The molecule has 1 N–H and O–H groups in total. The van der Waals surface area contributed by atoms with Crippen LogP contribution in [0.5, 0.6) is 5.75 Å². The zero-order chi connectivity index (χ0) is 16.5. The molecule has 0 aromatic heterocycles. The van der Waals surface area contributed by atoms with Gasteiger partial charge < -0.3 is 14.7 Å². The van der Waals surface area contributed by atoms with E-state index in [1.165, 1.54) is 10.5 Å². The lowest BCUT2D eigenvalue weighted by Gasteiger charge is -2.16. The Morgan fingerprint density at radius 2 is 2.00 bits per heavy atom. The Kier molecular flexibility index (Phi) is 7.43.